The van der Waals surface area contributed by atoms with Gasteiger partial charge >= 0.3 is 6.61 Å². The first-order valence-electron chi connectivity index (χ1n) is 8.06. The van der Waals surface area contributed by atoms with E-state index < -0.39 is 12.5 Å². The fourth-order valence-electron chi connectivity index (χ4n) is 2.54. The summed E-state index contributed by atoms with van der Waals surface area (Å²) in [6.07, 6.45) is 0. The molecule has 0 saturated carbocycles. The lowest BCUT2D eigenvalue weighted by Crippen LogP contribution is -2.13. The summed E-state index contributed by atoms with van der Waals surface area (Å²) < 4.78 is 30.7. The van der Waals surface area contributed by atoms with Crippen LogP contribution in [0.2, 0.25) is 5.02 Å². The van der Waals surface area contributed by atoms with E-state index >= 15 is 0 Å². The topological polar surface area (TPSA) is 56.1 Å². The van der Waals surface area contributed by atoms with E-state index in [0.29, 0.717) is 17.4 Å². The highest BCUT2D eigenvalue weighted by Crippen LogP contribution is 2.18. The Kier molecular flexibility index (Phi) is 5.71. The van der Waals surface area contributed by atoms with Gasteiger partial charge in [-0.15, -0.1) is 0 Å². The molecule has 0 aliphatic rings. The Morgan fingerprint density at radius 1 is 1.22 bits per heavy atom. The normalized spacial score (nSPS) is 10.9. The van der Waals surface area contributed by atoms with E-state index in [2.05, 4.69) is 15.2 Å². The lowest BCUT2D eigenvalue weighted by molar-refractivity contribution is -0.0498. The second-order valence-corrected chi connectivity index (χ2v) is 6.26. The van der Waals surface area contributed by atoms with Crippen LogP contribution in [-0.2, 0) is 6.54 Å². The number of hydrogen-bond donors (Lipinski definition) is 1. The van der Waals surface area contributed by atoms with Gasteiger partial charge in [-0.1, -0.05) is 29.8 Å². The van der Waals surface area contributed by atoms with Gasteiger partial charge in [0.15, 0.2) is 5.82 Å². The van der Waals surface area contributed by atoms with E-state index in [1.807, 2.05) is 25.1 Å². The molecule has 27 heavy (non-hydrogen) atoms. The summed E-state index contributed by atoms with van der Waals surface area (Å²) >= 11 is 5.99. The number of amides is 1. The number of aromatic nitrogens is 2. The minimum absolute atomic E-state index is 0.0830. The standard InChI is InChI=1S/C19H16ClF2N3O2/c1-12-8-17(24-25(12)11-13-4-2-6-15(20)9-13)23-18(26)14-5-3-7-16(10-14)27-19(21)22/h2-10,19H,11H2,1H3,(H,23,24,26). The van der Waals surface area contributed by atoms with Crippen molar-refractivity contribution in [1.29, 1.82) is 0 Å². The van der Waals surface area contributed by atoms with E-state index in [4.69, 9.17) is 11.6 Å². The minimum atomic E-state index is -2.95. The predicted molar refractivity (Wildman–Crippen MR) is 98.5 cm³/mol. The number of ether oxygens (including phenoxy) is 1. The zero-order valence-corrected chi connectivity index (χ0v) is 15.1. The van der Waals surface area contributed by atoms with Gasteiger partial charge in [-0.2, -0.15) is 13.9 Å². The molecule has 0 fully saturated rings. The van der Waals surface area contributed by atoms with E-state index in [-0.39, 0.29) is 11.3 Å². The third kappa shape index (κ3) is 5.04. The molecule has 0 spiro atoms. The monoisotopic (exact) mass is 391 g/mol. The van der Waals surface area contributed by atoms with Crippen LogP contribution in [0.15, 0.2) is 54.6 Å². The third-order valence-electron chi connectivity index (χ3n) is 3.77. The molecule has 0 atom stereocenters. The maximum absolute atomic E-state index is 12.4. The van der Waals surface area contributed by atoms with Crippen molar-refractivity contribution >= 4 is 23.3 Å². The molecule has 0 saturated heterocycles. The molecule has 0 aliphatic carbocycles. The molecule has 8 heteroatoms. The maximum atomic E-state index is 12.4. The zero-order chi connectivity index (χ0) is 19.4. The van der Waals surface area contributed by atoms with Gasteiger partial charge in [-0.05, 0) is 42.8 Å². The maximum Gasteiger partial charge on any atom is 0.387 e. The van der Waals surface area contributed by atoms with Crippen molar-refractivity contribution in [3.63, 3.8) is 0 Å². The lowest BCUT2D eigenvalue weighted by atomic mass is 10.2. The number of rotatable bonds is 6. The number of carbonyl (C=O) groups is 1. The van der Waals surface area contributed by atoms with Crippen LogP contribution >= 0.6 is 11.6 Å². The van der Waals surface area contributed by atoms with Gasteiger partial charge in [-0.25, -0.2) is 0 Å². The Hall–Kier alpha value is -2.93. The molecule has 3 rings (SSSR count). The highest BCUT2D eigenvalue weighted by Gasteiger charge is 2.12. The second-order valence-electron chi connectivity index (χ2n) is 5.82. The molecule has 0 aliphatic heterocycles. The van der Waals surface area contributed by atoms with E-state index in [0.717, 1.165) is 11.3 Å². The van der Waals surface area contributed by atoms with Crippen LogP contribution in [0.1, 0.15) is 21.6 Å². The Bertz CT molecular complexity index is 960. The van der Waals surface area contributed by atoms with Gasteiger partial charge in [0.05, 0.1) is 6.54 Å². The number of carbonyl (C=O) groups excluding carboxylic acids is 1. The Labute approximate surface area is 159 Å². The zero-order valence-electron chi connectivity index (χ0n) is 14.3. The fraction of sp³-hybridized carbons (Fsp3) is 0.158. The Morgan fingerprint density at radius 3 is 2.74 bits per heavy atom. The summed E-state index contributed by atoms with van der Waals surface area (Å²) in [6.45, 7) is -0.585. The molecule has 1 aromatic heterocycles. The SMILES string of the molecule is Cc1cc(NC(=O)c2cccc(OC(F)F)c2)nn1Cc1cccc(Cl)c1. The molecule has 1 N–H and O–H groups in total. The van der Waals surface area contributed by atoms with Crippen LogP contribution in [0.4, 0.5) is 14.6 Å². The minimum Gasteiger partial charge on any atom is -0.435 e. The number of halogens is 3. The van der Waals surface area contributed by atoms with Crippen LogP contribution < -0.4 is 10.1 Å². The third-order valence-corrected chi connectivity index (χ3v) is 4.00. The van der Waals surface area contributed by atoms with Crippen molar-refractivity contribution in [3.8, 4) is 5.75 Å². The number of hydrogen-bond acceptors (Lipinski definition) is 3. The second kappa shape index (κ2) is 8.18. The van der Waals surface area contributed by atoms with Crippen molar-refractivity contribution in [2.24, 2.45) is 0 Å². The highest BCUT2D eigenvalue weighted by molar-refractivity contribution is 6.30. The van der Waals surface area contributed by atoms with Gasteiger partial charge in [0.25, 0.3) is 5.91 Å². The van der Waals surface area contributed by atoms with E-state index in [1.165, 1.54) is 24.3 Å². The van der Waals surface area contributed by atoms with Crippen molar-refractivity contribution in [2.75, 3.05) is 5.32 Å². The van der Waals surface area contributed by atoms with Gasteiger partial charge in [-0.3, -0.25) is 9.48 Å². The number of benzene rings is 2. The van der Waals surface area contributed by atoms with Crippen molar-refractivity contribution in [2.45, 2.75) is 20.1 Å². The predicted octanol–water partition coefficient (Wildman–Crippen LogP) is 4.75. The quantitative estimate of drug-likeness (QED) is 0.660. The first kappa shape index (κ1) is 18.8. The Morgan fingerprint density at radius 2 is 2.00 bits per heavy atom. The van der Waals surface area contributed by atoms with Crippen LogP contribution in [0.5, 0.6) is 5.75 Å². The van der Waals surface area contributed by atoms with Crippen LogP contribution in [0, 0.1) is 6.92 Å². The van der Waals surface area contributed by atoms with Crippen LogP contribution in [-0.4, -0.2) is 22.3 Å². The molecule has 0 bridgehead atoms. The average molecular weight is 392 g/mol. The lowest BCUT2D eigenvalue weighted by Gasteiger charge is -2.07. The molecule has 0 unspecified atom stereocenters. The van der Waals surface area contributed by atoms with Crippen molar-refractivity contribution in [3.05, 3.63) is 76.4 Å². The van der Waals surface area contributed by atoms with Gasteiger partial charge < -0.3 is 10.1 Å². The largest absolute Gasteiger partial charge is 0.435 e. The van der Waals surface area contributed by atoms with Crippen LogP contribution in [0.25, 0.3) is 0 Å². The average Bonchev–Trinajstić information content (AvgIpc) is 2.93. The fourth-order valence-corrected chi connectivity index (χ4v) is 2.75. The molecular weight excluding hydrogens is 376 g/mol. The molecule has 3 aromatic rings. The van der Waals surface area contributed by atoms with Crippen LogP contribution in [0.3, 0.4) is 0 Å². The van der Waals surface area contributed by atoms with E-state index in [9.17, 15) is 13.6 Å². The number of nitrogens with one attached hydrogen (secondary N) is 1. The summed E-state index contributed by atoms with van der Waals surface area (Å²) in [5.41, 5.74) is 2.01. The molecule has 0 radical (unpaired) electrons. The van der Waals surface area contributed by atoms with Gasteiger partial charge in [0.2, 0.25) is 0 Å². The first-order valence-corrected chi connectivity index (χ1v) is 8.43. The van der Waals surface area contributed by atoms with Crippen molar-refractivity contribution < 1.29 is 18.3 Å². The summed E-state index contributed by atoms with van der Waals surface area (Å²) in [6, 6.07) is 14.7. The summed E-state index contributed by atoms with van der Waals surface area (Å²) in [4.78, 5) is 12.4. The number of aryl methyl sites for hydroxylation is 1. The number of anilines is 1. The molecule has 1 heterocycles. The first-order chi connectivity index (χ1) is 12.9. The number of alkyl halides is 2. The smallest absolute Gasteiger partial charge is 0.387 e. The summed E-state index contributed by atoms with van der Waals surface area (Å²) in [5.74, 6) is -0.192. The molecular formula is C19H16ClF2N3O2. The number of nitrogens with zero attached hydrogens (tertiary/aromatic N) is 2. The van der Waals surface area contributed by atoms with Gasteiger partial charge in [0.1, 0.15) is 5.75 Å². The highest BCUT2D eigenvalue weighted by atomic mass is 35.5. The molecule has 140 valence electrons. The summed E-state index contributed by atoms with van der Waals surface area (Å²) in [5, 5.41) is 7.65. The summed E-state index contributed by atoms with van der Waals surface area (Å²) in [7, 11) is 0. The molecule has 2 aromatic carbocycles. The molecule has 5 nitrogen and oxygen atoms in total. The Balaban J connectivity index is 1.72. The van der Waals surface area contributed by atoms with Gasteiger partial charge in [0, 0.05) is 22.3 Å². The molecule has 1 amide bonds. The van der Waals surface area contributed by atoms with E-state index in [1.54, 1.807) is 16.8 Å². The van der Waals surface area contributed by atoms with Crippen molar-refractivity contribution in [1.82, 2.24) is 9.78 Å².